The summed E-state index contributed by atoms with van der Waals surface area (Å²) in [6.07, 6.45) is 0. The van der Waals surface area contributed by atoms with E-state index in [0.29, 0.717) is 11.9 Å². The van der Waals surface area contributed by atoms with Crippen LogP contribution in [0.4, 0.5) is 5.82 Å². The predicted molar refractivity (Wildman–Crippen MR) is 74.8 cm³/mol. The molecule has 1 atom stereocenters. The van der Waals surface area contributed by atoms with Gasteiger partial charge in [-0.1, -0.05) is 0 Å². The second kappa shape index (κ2) is 6.47. The molecule has 1 aromatic rings. The smallest absolute Gasteiger partial charge is 0.144 e. The maximum absolute atomic E-state index is 5.14. The molecule has 1 aliphatic rings. The van der Waals surface area contributed by atoms with Gasteiger partial charge in [-0.2, -0.15) is 11.8 Å². The van der Waals surface area contributed by atoms with Gasteiger partial charge >= 0.3 is 0 Å². The molecule has 0 aliphatic carbocycles. The normalized spacial score (nSPS) is 20.2. The van der Waals surface area contributed by atoms with Gasteiger partial charge in [-0.15, -0.1) is 11.8 Å². The van der Waals surface area contributed by atoms with Crippen molar-refractivity contribution in [1.82, 2.24) is 9.97 Å². The minimum atomic E-state index is 0.414. The van der Waals surface area contributed by atoms with Crippen molar-refractivity contribution in [1.29, 1.82) is 0 Å². The molecule has 0 radical (unpaired) electrons. The number of methoxy groups -OCH3 is 1. The van der Waals surface area contributed by atoms with Crippen LogP contribution in [0.15, 0.2) is 6.07 Å². The van der Waals surface area contributed by atoms with Gasteiger partial charge < -0.3 is 10.1 Å². The summed E-state index contributed by atoms with van der Waals surface area (Å²) < 4.78 is 5.14. The highest BCUT2D eigenvalue weighted by atomic mass is 32.2. The summed E-state index contributed by atoms with van der Waals surface area (Å²) in [4.78, 5) is 9.13. The second-order valence-corrected chi connectivity index (χ2v) is 6.18. The summed E-state index contributed by atoms with van der Waals surface area (Å²) in [5.74, 6) is 5.32. The first-order valence-corrected chi connectivity index (χ1v) is 7.77. The van der Waals surface area contributed by atoms with E-state index in [0.717, 1.165) is 23.1 Å². The highest BCUT2D eigenvalue weighted by molar-refractivity contribution is 8.06. The van der Waals surface area contributed by atoms with Gasteiger partial charge in [-0.25, -0.2) is 9.97 Å². The Morgan fingerprint density at radius 1 is 1.47 bits per heavy atom. The topological polar surface area (TPSA) is 47.0 Å². The molecule has 0 amide bonds. The van der Waals surface area contributed by atoms with Crippen LogP contribution >= 0.6 is 23.5 Å². The molecule has 2 rings (SSSR count). The van der Waals surface area contributed by atoms with E-state index in [4.69, 9.17) is 4.74 Å². The van der Waals surface area contributed by atoms with Crippen LogP contribution in [0.1, 0.15) is 16.8 Å². The molecule has 0 spiro atoms. The van der Waals surface area contributed by atoms with Gasteiger partial charge in [0, 0.05) is 37.5 Å². The van der Waals surface area contributed by atoms with Gasteiger partial charge in [0.05, 0.1) is 17.6 Å². The van der Waals surface area contributed by atoms with Crippen molar-refractivity contribution in [3.05, 3.63) is 17.6 Å². The van der Waals surface area contributed by atoms with Crippen molar-refractivity contribution >= 4 is 29.3 Å². The fourth-order valence-corrected chi connectivity index (χ4v) is 4.25. The molecule has 1 fully saturated rings. The van der Waals surface area contributed by atoms with Crippen molar-refractivity contribution in [2.45, 2.75) is 11.9 Å². The summed E-state index contributed by atoms with van der Waals surface area (Å²) in [6, 6.07) is 1.94. The number of hydrogen-bond donors (Lipinski definition) is 1. The number of aromatic nitrogens is 2. The average Bonchev–Trinajstić information content (AvgIpc) is 2.40. The Bertz CT molecular complexity index is 370. The molecule has 0 saturated carbocycles. The average molecular weight is 271 g/mol. The molecule has 94 valence electrons. The van der Waals surface area contributed by atoms with Crippen molar-refractivity contribution in [2.24, 2.45) is 0 Å². The zero-order chi connectivity index (χ0) is 12.1. The van der Waals surface area contributed by atoms with Gasteiger partial charge in [0.1, 0.15) is 11.6 Å². The molecular formula is C11H17N3OS2. The Labute approximate surface area is 110 Å². The van der Waals surface area contributed by atoms with Crippen LogP contribution in [0.3, 0.4) is 0 Å². The fraction of sp³-hybridized carbons (Fsp3) is 0.636. The van der Waals surface area contributed by atoms with Crippen LogP contribution in [0.25, 0.3) is 0 Å². The Morgan fingerprint density at radius 3 is 3.00 bits per heavy atom. The van der Waals surface area contributed by atoms with Crippen LogP contribution in [0.2, 0.25) is 0 Å². The molecule has 0 bridgehead atoms. The number of nitrogens with zero attached hydrogens (tertiary/aromatic N) is 2. The number of ether oxygens (including phenoxy) is 1. The Kier molecular flexibility index (Phi) is 4.94. The maximum Gasteiger partial charge on any atom is 0.144 e. The molecule has 0 aromatic carbocycles. The molecule has 1 saturated heterocycles. The summed E-state index contributed by atoms with van der Waals surface area (Å²) in [5.41, 5.74) is 0.943. The maximum atomic E-state index is 5.14. The quantitative estimate of drug-likeness (QED) is 0.906. The minimum absolute atomic E-state index is 0.414. The van der Waals surface area contributed by atoms with Crippen molar-refractivity contribution in [3.8, 4) is 0 Å². The summed E-state index contributed by atoms with van der Waals surface area (Å²) in [5, 5.41) is 3.50. The standard InChI is InChI=1S/C11H17N3OS2/c1-12-10-5-8(6-15-2)13-11(14-10)9-7-16-3-4-17-9/h5,9H,3-4,6-7H2,1-2H3,(H,12,13,14). The third kappa shape index (κ3) is 3.50. The molecule has 1 aromatic heterocycles. The van der Waals surface area contributed by atoms with Crippen molar-refractivity contribution < 1.29 is 4.74 Å². The molecule has 1 aliphatic heterocycles. The first-order chi connectivity index (χ1) is 8.33. The van der Waals surface area contributed by atoms with Gasteiger partial charge in [0.15, 0.2) is 0 Å². The van der Waals surface area contributed by atoms with E-state index < -0.39 is 0 Å². The van der Waals surface area contributed by atoms with E-state index in [1.54, 1.807) is 7.11 Å². The zero-order valence-corrected chi connectivity index (χ0v) is 11.7. The third-order valence-electron chi connectivity index (χ3n) is 2.45. The highest BCUT2D eigenvalue weighted by Crippen LogP contribution is 2.35. The lowest BCUT2D eigenvalue weighted by Gasteiger charge is -2.20. The number of anilines is 1. The van der Waals surface area contributed by atoms with Gasteiger partial charge in [0.25, 0.3) is 0 Å². The second-order valence-electron chi connectivity index (χ2n) is 3.72. The van der Waals surface area contributed by atoms with Crippen LogP contribution in [-0.2, 0) is 11.3 Å². The van der Waals surface area contributed by atoms with E-state index in [1.165, 1.54) is 11.5 Å². The molecule has 6 heteroatoms. The number of nitrogens with one attached hydrogen (secondary N) is 1. The Hall–Kier alpha value is -0.460. The largest absolute Gasteiger partial charge is 0.378 e. The fourth-order valence-electron chi connectivity index (χ4n) is 1.65. The van der Waals surface area contributed by atoms with E-state index in [1.807, 2.05) is 36.6 Å². The van der Waals surface area contributed by atoms with E-state index in [2.05, 4.69) is 15.3 Å². The molecule has 1 unspecified atom stereocenters. The van der Waals surface area contributed by atoms with Crippen LogP contribution in [0.5, 0.6) is 0 Å². The summed E-state index contributed by atoms with van der Waals surface area (Å²) in [6.45, 7) is 0.536. The van der Waals surface area contributed by atoms with Gasteiger partial charge in [-0.3, -0.25) is 0 Å². The van der Waals surface area contributed by atoms with Crippen molar-refractivity contribution in [2.75, 3.05) is 36.7 Å². The first kappa shape index (κ1) is 13.0. The molecular weight excluding hydrogens is 254 g/mol. The van der Waals surface area contributed by atoms with Gasteiger partial charge in [-0.05, 0) is 0 Å². The van der Waals surface area contributed by atoms with E-state index >= 15 is 0 Å². The highest BCUT2D eigenvalue weighted by Gasteiger charge is 2.20. The van der Waals surface area contributed by atoms with E-state index in [9.17, 15) is 0 Å². The summed E-state index contributed by atoms with van der Waals surface area (Å²) >= 11 is 3.93. The number of hydrogen-bond acceptors (Lipinski definition) is 6. The molecule has 4 nitrogen and oxygen atoms in total. The monoisotopic (exact) mass is 271 g/mol. The SMILES string of the molecule is CNc1cc(COC)nc(C2CSCCS2)n1. The lowest BCUT2D eigenvalue weighted by molar-refractivity contribution is 0.181. The zero-order valence-electron chi connectivity index (χ0n) is 10.1. The minimum Gasteiger partial charge on any atom is -0.378 e. The number of rotatable bonds is 4. The molecule has 2 heterocycles. The Balaban J connectivity index is 2.21. The molecule has 1 N–H and O–H groups in total. The number of thioether (sulfide) groups is 2. The lowest BCUT2D eigenvalue weighted by Crippen LogP contribution is -2.12. The van der Waals surface area contributed by atoms with Crippen LogP contribution < -0.4 is 5.32 Å². The third-order valence-corrected chi connectivity index (χ3v) is 5.20. The van der Waals surface area contributed by atoms with Crippen molar-refractivity contribution in [3.63, 3.8) is 0 Å². The van der Waals surface area contributed by atoms with Crippen LogP contribution in [0, 0.1) is 0 Å². The predicted octanol–water partition coefficient (Wildman–Crippen LogP) is 2.19. The van der Waals surface area contributed by atoms with Crippen LogP contribution in [-0.4, -0.2) is 41.4 Å². The van der Waals surface area contributed by atoms with Gasteiger partial charge in [0.2, 0.25) is 0 Å². The first-order valence-electron chi connectivity index (χ1n) is 5.57. The summed E-state index contributed by atoms with van der Waals surface area (Å²) in [7, 11) is 3.57. The Morgan fingerprint density at radius 2 is 2.35 bits per heavy atom. The molecule has 17 heavy (non-hydrogen) atoms. The lowest BCUT2D eigenvalue weighted by atomic mass is 10.3. The van der Waals surface area contributed by atoms with E-state index in [-0.39, 0.29) is 0 Å².